The number of sulfonamides is 1. The fourth-order valence-electron chi connectivity index (χ4n) is 4.18. The van der Waals surface area contributed by atoms with E-state index in [9.17, 15) is 13.2 Å². The lowest BCUT2D eigenvalue weighted by Crippen LogP contribution is -2.45. The standard InChI is InChI=1S/C21H25N3O3S/c1-15-12-16-6-2-3-10-20(16)24(15)28(26,27)19-9-4-7-17(13-19)21(25)23-11-5-8-18(22)14-23/h2-4,6-7,9-10,13,15,18H,5,8,11-12,14,22H2,1H3. The second kappa shape index (κ2) is 7.22. The topological polar surface area (TPSA) is 83.7 Å². The first-order chi connectivity index (χ1) is 13.4. The summed E-state index contributed by atoms with van der Waals surface area (Å²) in [6.45, 7) is 3.06. The first-order valence-corrected chi connectivity index (χ1v) is 11.1. The number of carbonyl (C=O) groups excluding carboxylic acids is 1. The van der Waals surface area contributed by atoms with Crippen LogP contribution in [-0.4, -0.2) is 44.4 Å². The van der Waals surface area contributed by atoms with Crippen molar-refractivity contribution in [3.05, 3.63) is 59.7 Å². The van der Waals surface area contributed by atoms with Crippen LogP contribution in [0.15, 0.2) is 53.4 Å². The van der Waals surface area contributed by atoms with Gasteiger partial charge in [0.2, 0.25) is 0 Å². The number of para-hydroxylation sites is 1. The molecule has 1 saturated heterocycles. The van der Waals surface area contributed by atoms with E-state index in [0.717, 1.165) is 18.4 Å². The van der Waals surface area contributed by atoms with Crippen molar-refractivity contribution in [1.82, 2.24) is 4.90 Å². The molecular weight excluding hydrogens is 374 g/mol. The van der Waals surface area contributed by atoms with Crippen molar-refractivity contribution in [1.29, 1.82) is 0 Å². The number of anilines is 1. The summed E-state index contributed by atoms with van der Waals surface area (Å²) < 4.78 is 28.3. The van der Waals surface area contributed by atoms with E-state index in [2.05, 4.69) is 0 Å². The molecule has 2 heterocycles. The van der Waals surface area contributed by atoms with Crippen LogP contribution in [0.5, 0.6) is 0 Å². The van der Waals surface area contributed by atoms with E-state index >= 15 is 0 Å². The average Bonchev–Trinajstić information content (AvgIpc) is 3.04. The van der Waals surface area contributed by atoms with Gasteiger partial charge in [0.25, 0.3) is 15.9 Å². The normalized spacial score (nSPS) is 22.2. The first-order valence-electron chi connectivity index (χ1n) is 9.65. The SMILES string of the molecule is CC1Cc2ccccc2N1S(=O)(=O)c1cccc(C(=O)N2CCCC(N)C2)c1. The first kappa shape index (κ1) is 19.0. The van der Waals surface area contributed by atoms with Crippen LogP contribution in [0.4, 0.5) is 5.69 Å². The zero-order chi connectivity index (χ0) is 19.9. The smallest absolute Gasteiger partial charge is 0.264 e. The van der Waals surface area contributed by atoms with Crippen molar-refractivity contribution in [2.45, 2.75) is 43.2 Å². The zero-order valence-electron chi connectivity index (χ0n) is 15.9. The summed E-state index contributed by atoms with van der Waals surface area (Å²) in [5.41, 5.74) is 8.11. The molecular formula is C21H25N3O3S. The summed E-state index contributed by atoms with van der Waals surface area (Å²) in [5, 5.41) is 0. The van der Waals surface area contributed by atoms with Crippen LogP contribution in [-0.2, 0) is 16.4 Å². The third-order valence-electron chi connectivity index (χ3n) is 5.53. The maximum atomic E-state index is 13.4. The van der Waals surface area contributed by atoms with Crippen LogP contribution >= 0.6 is 0 Å². The van der Waals surface area contributed by atoms with Crippen LogP contribution < -0.4 is 10.0 Å². The minimum atomic E-state index is -3.76. The molecule has 0 saturated carbocycles. The summed E-state index contributed by atoms with van der Waals surface area (Å²) in [4.78, 5) is 14.7. The highest BCUT2D eigenvalue weighted by Crippen LogP contribution is 2.36. The third-order valence-corrected chi connectivity index (χ3v) is 7.45. The summed E-state index contributed by atoms with van der Waals surface area (Å²) in [5.74, 6) is -0.165. The lowest BCUT2D eigenvalue weighted by Gasteiger charge is -2.31. The number of hydrogen-bond acceptors (Lipinski definition) is 4. The van der Waals surface area contributed by atoms with E-state index in [1.165, 1.54) is 10.4 Å². The molecule has 0 aromatic heterocycles. The predicted octanol–water partition coefficient (Wildman–Crippen LogP) is 2.39. The number of nitrogens with zero attached hydrogens (tertiary/aromatic N) is 2. The van der Waals surface area contributed by atoms with Gasteiger partial charge in [-0.05, 0) is 56.0 Å². The monoisotopic (exact) mass is 399 g/mol. The van der Waals surface area contributed by atoms with Gasteiger partial charge in [-0.3, -0.25) is 9.10 Å². The lowest BCUT2D eigenvalue weighted by atomic mass is 10.1. The predicted molar refractivity (Wildman–Crippen MR) is 109 cm³/mol. The molecule has 148 valence electrons. The second-order valence-corrected chi connectivity index (χ2v) is 9.48. The highest BCUT2D eigenvalue weighted by atomic mass is 32.2. The van der Waals surface area contributed by atoms with Gasteiger partial charge in [-0.25, -0.2) is 8.42 Å². The number of rotatable bonds is 3. The van der Waals surface area contributed by atoms with E-state index < -0.39 is 10.0 Å². The maximum absolute atomic E-state index is 13.4. The average molecular weight is 400 g/mol. The Morgan fingerprint density at radius 2 is 1.93 bits per heavy atom. The molecule has 7 heteroatoms. The Kier molecular flexibility index (Phi) is 4.89. The van der Waals surface area contributed by atoms with Gasteiger partial charge in [0, 0.05) is 30.7 Å². The highest BCUT2D eigenvalue weighted by Gasteiger charge is 2.36. The molecule has 28 heavy (non-hydrogen) atoms. The number of nitrogens with two attached hydrogens (primary N) is 1. The van der Waals surface area contributed by atoms with E-state index in [0.29, 0.717) is 30.8 Å². The van der Waals surface area contributed by atoms with Gasteiger partial charge in [-0.2, -0.15) is 0 Å². The van der Waals surface area contributed by atoms with Gasteiger partial charge < -0.3 is 10.6 Å². The molecule has 0 aliphatic carbocycles. The minimum absolute atomic E-state index is 0.0217. The van der Waals surface area contributed by atoms with Crippen molar-refractivity contribution in [2.24, 2.45) is 5.73 Å². The summed E-state index contributed by atoms with van der Waals surface area (Å²) >= 11 is 0. The highest BCUT2D eigenvalue weighted by molar-refractivity contribution is 7.92. The summed E-state index contributed by atoms with van der Waals surface area (Å²) in [7, 11) is -3.76. The Hall–Kier alpha value is -2.38. The third kappa shape index (κ3) is 3.29. The van der Waals surface area contributed by atoms with Crippen LogP contribution in [0.3, 0.4) is 0 Å². The van der Waals surface area contributed by atoms with E-state index in [1.54, 1.807) is 23.1 Å². The molecule has 1 fully saturated rings. The number of hydrogen-bond donors (Lipinski definition) is 1. The Morgan fingerprint density at radius 3 is 2.71 bits per heavy atom. The molecule has 2 atom stereocenters. The van der Waals surface area contributed by atoms with Crippen LogP contribution in [0.25, 0.3) is 0 Å². The number of likely N-dealkylation sites (tertiary alicyclic amines) is 1. The van der Waals surface area contributed by atoms with Crippen LogP contribution in [0, 0.1) is 0 Å². The number of amides is 1. The lowest BCUT2D eigenvalue weighted by molar-refractivity contribution is 0.0708. The number of piperidine rings is 1. The molecule has 6 nitrogen and oxygen atoms in total. The Labute approximate surface area is 166 Å². The van der Waals surface area contributed by atoms with Gasteiger partial charge in [-0.1, -0.05) is 24.3 Å². The zero-order valence-corrected chi connectivity index (χ0v) is 16.7. The van der Waals surface area contributed by atoms with Gasteiger partial charge in [-0.15, -0.1) is 0 Å². The quantitative estimate of drug-likeness (QED) is 0.859. The van der Waals surface area contributed by atoms with Crippen molar-refractivity contribution in [2.75, 3.05) is 17.4 Å². The van der Waals surface area contributed by atoms with Crippen LogP contribution in [0.2, 0.25) is 0 Å². The second-order valence-electron chi connectivity index (χ2n) is 7.66. The van der Waals surface area contributed by atoms with Crippen molar-refractivity contribution >= 4 is 21.6 Å². The molecule has 0 spiro atoms. The van der Waals surface area contributed by atoms with Crippen molar-refractivity contribution in [3.63, 3.8) is 0 Å². The fraction of sp³-hybridized carbons (Fsp3) is 0.381. The largest absolute Gasteiger partial charge is 0.337 e. The molecule has 2 N–H and O–H groups in total. The molecule has 0 bridgehead atoms. The number of fused-ring (bicyclic) bond motifs is 1. The van der Waals surface area contributed by atoms with Crippen molar-refractivity contribution in [3.8, 4) is 0 Å². The maximum Gasteiger partial charge on any atom is 0.264 e. The molecule has 2 aliphatic heterocycles. The van der Waals surface area contributed by atoms with E-state index in [-0.39, 0.29) is 22.9 Å². The fourth-order valence-corrected chi connectivity index (χ4v) is 5.92. The van der Waals surface area contributed by atoms with Gasteiger partial charge in [0.05, 0.1) is 10.6 Å². The van der Waals surface area contributed by atoms with Crippen LogP contribution in [0.1, 0.15) is 35.7 Å². The summed E-state index contributed by atoms with van der Waals surface area (Å²) in [6, 6.07) is 13.7. The van der Waals surface area contributed by atoms with Gasteiger partial charge in [0.15, 0.2) is 0 Å². The van der Waals surface area contributed by atoms with Crippen molar-refractivity contribution < 1.29 is 13.2 Å². The number of carbonyl (C=O) groups is 1. The van der Waals surface area contributed by atoms with E-state index in [1.807, 2.05) is 31.2 Å². The Bertz CT molecular complexity index is 1010. The molecule has 2 aliphatic rings. The number of benzene rings is 2. The Balaban J connectivity index is 1.66. The molecule has 2 unspecified atom stereocenters. The van der Waals surface area contributed by atoms with Gasteiger partial charge in [0.1, 0.15) is 0 Å². The van der Waals surface area contributed by atoms with Gasteiger partial charge >= 0.3 is 0 Å². The summed E-state index contributed by atoms with van der Waals surface area (Å²) in [6.07, 6.45) is 2.46. The molecule has 0 radical (unpaired) electrons. The molecule has 4 rings (SSSR count). The minimum Gasteiger partial charge on any atom is -0.337 e. The molecule has 2 aromatic rings. The Morgan fingerprint density at radius 1 is 1.14 bits per heavy atom. The molecule has 2 aromatic carbocycles. The van der Waals surface area contributed by atoms with E-state index in [4.69, 9.17) is 5.73 Å². The molecule has 1 amide bonds.